The van der Waals surface area contributed by atoms with Crippen LogP contribution in [0.4, 0.5) is 0 Å². The van der Waals surface area contributed by atoms with E-state index in [1.54, 1.807) is 7.11 Å². The van der Waals surface area contributed by atoms with E-state index in [9.17, 15) is 4.79 Å². The fourth-order valence-electron chi connectivity index (χ4n) is 1.73. The lowest BCUT2D eigenvalue weighted by molar-refractivity contribution is -0.122. The van der Waals surface area contributed by atoms with Crippen LogP contribution in [0.15, 0.2) is 24.3 Å². The lowest BCUT2D eigenvalue weighted by Crippen LogP contribution is -2.25. The molecule has 0 aliphatic carbocycles. The number of rotatable bonds is 7. The Morgan fingerprint density at radius 1 is 1.33 bits per heavy atom. The van der Waals surface area contributed by atoms with Crippen molar-refractivity contribution in [2.24, 2.45) is 11.7 Å². The second-order valence-electron chi connectivity index (χ2n) is 4.56. The zero-order valence-electron chi connectivity index (χ0n) is 11.1. The highest BCUT2D eigenvalue weighted by atomic mass is 16.5. The summed E-state index contributed by atoms with van der Waals surface area (Å²) in [6, 6.07) is 7.94. The molecule has 18 heavy (non-hydrogen) atoms. The Bertz CT molecular complexity index is 363. The van der Waals surface area contributed by atoms with E-state index in [-0.39, 0.29) is 11.8 Å². The van der Waals surface area contributed by atoms with Crippen molar-refractivity contribution in [2.75, 3.05) is 13.7 Å². The van der Waals surface area contributed by atoms with Crippen LogP contribution >= 0.6 is 0 Å². The Morgan fingerprint density at radius 3 is 2.50 bits per heavy atom. The van der Waals surface area contributed by atoms with Gasteiger partial charge in [-0.1, -0.05) is 31.2 Å². The zero-order chi connectivity index (χ0) is 13.4. The number of nitrogens with two attached hydrogens (primary N) is 1. The molecule has 1 amide bonds. The van der Waals surface area contributed by atoms with Crippen LogP contribution in [0, 0.1) is 5.92 Å². The summed E-state index contributed by atoms with van der Waals surface area (Å²) < 4.78 is 5.00. The van der Waals surface area contributed by atoms with E-state index in [1.165, 1.54) is 0 Å². The highest BCUT2D eigenvalue weighted by molar-refractivity contribution is 5.76. The summed E-state index contributed by atoms with van der Waals surface area (Å²) in [5.74, 6) is 0.303. The van der Waals surface area contributed by atoms with Gasteiger partial charge in [0.25, 0.3) is 0 Å². The predicted molar refractivity (Wildman–Crippen MR) is 71.8 cm³/mol. The molecule has 0 bridgehead atoms. The molecule has 0 saturated carbocycles. The normalized spacial score (nSPS) is 12.2. The van der Waals surface area contributed by atoms with Crippen molar-refractivity contribution in [3.05, 3.63) is 35.4 Å². The fraction of sp³-hybridized carbons (Fsp3) is 0.500. The third kappa shape index (κ3) is 5.29. The number of amides is 1. The van der Waals surface area contributed by atoms with Gasteiger partial charge < -0.3 is 15.8 Å². The third-order valence-corrected chi connectivity index (χ3v) is 2.73. The number of carbonyl (C=O) groups is 1. The zero-order valence-corrected chi connectivity index (χ0v) is 11.1. The molecule has 0 fully saturated rings. The average Bonchev–Trinajstić information content (AvgIpc) is 2.37. The Balaban J connectivity index is 2.33. The number of ether oxygens (including phenoxy) is 1. The molecule has 0 saturated heterocycles. The van der Waals surface area contributed by atoms with Crippen LogP contribution in [-0.4, -0.2) is 19.6 Å². The van der Waals surface area contributed by atoms with Gasteiger partial charge in [0, 0.05) is 33.2 Å². The minimum atomic E-state index is 0.0578. The molecule has 100 valence electrons. The average molecular weight is 250 g/mol. The molecule has 1 rings (SSSR count). The standard InChI is InChI=1S/C14H22N2O2/c1-11(10-18-2)7-14(17)16-9-13-5-3-12(8-15)4-6-13/h3-6,11H,7-10,15H2,1-2H3,(H,16,17). The molecule has 0 spiro atoms. The molecule has 4 heteroatoms. The van der Waals surface area contributed by atoms with E-state index in [0.29, 0.717) is 26.1 Å². The minimum Gasteiger partial charge on any atom is -0.384 e. The summed E-state index contributed by atoms with van der Waals surface area (Å²) in [6.45, 7) is 3.71. The van der Waals surface area contributed by atoms with Crippen molar-refractivity contribution in [2.45, 2.75) is 26.4 Å². The molecule has 1 atom stereocenters. The first-order valence-corrected chi connectivity index (χ1v) is 6.19. The van der Waals surface area contributed by atoms with E-state index < -0.39 is 0 Å². The van der Waals surface area contributed by atoms with Crippen molar-refractivity contribution in [1.29, 1.82) is 0 Å². The number of hydrogen-bond acceptors (Lipinski definition) is 3. The summed E-state index contributed by atoms with van der Waals surface area (Å²) in [7, 11) is 1.65. The van der Waals surface area contributed by atoms with Gasteiger partial charge in [-0.2, -0.15) is 0 Å². The van der Waals surface area contributed by atoms with Gasteiger partial charge in [0.1, 0.15) is 0 Å². The van der Waals surface area contributed by atoms with E-state index in [4.69, 9.17) is 10.5 Å². The van der Waals surface area contributed by atoms with Crippen molar-refractivity contribution in [3.8, 4) is 0 Å². The highest BCUT2D eigenvalue weighted by Gasteiger charge is 2.08. The summed E-state index contributed by atoms with van der Waals surface area (Å²) in [5.41, 5.74) is 7.70. The van der Waals surface area contributed by atoms with Crippen molar-refractivity contribution < 1.29 is 9.53 Å². The predicted octanol–water partition coefficient (Wildman–Crippen LogP) is 1.43. The van der Waals surface area contributed by atoms with Gasteiger partial charge in [-0.15, -0.1) is 0 Å². The third-order valence-electron chi connectivity index (χ3n) is 2.73. The van der Waals surface area contributed by atoms with E-state index in [0.717, 1.165) is 11.1 Å². The second-order valence-corrected chi connectivity index (χ2v) is 4.56. The lowest BCUT2D eigenvalue weighted by atomic mass is 10.1. The topological polar surface area (TPSA) is 64.3 Å². The summed E-state index contributed by atoms with van der Waals surface area (Å²) in [5, 5.41) is 2.90. The van der Waals surface area contributed by atoms with Crippen LogP contribution in [0.3, 0.4) is 0 Å². The van der Waals surface area contributed by atoms with Crippen molar-refractivity contribution in [1.82, 2.24) is 5.32 Å². The summed E-state index contributed by atoms with van der Waals surface area (Å²) in [4.78, 5) is 11.6. The molecule has 3 N–H and O–H groups in total. The maximum Gasteiger partial charge on any atom is 0.220 e. The molecular formula is C14H22N2O2. The van der Waals surface area contributed by atoms with Crippen molar-refractivity contribution >= 4 is 5.91 Å². The van der Waals surface area contributed by atoms with Gasteiger partial charge in [0.05, 0.1) is 0 Å². The molecule has 1 unspecified atom stereocenters. The van der Waals surface area contributed by atoms with Gasteiger partial charge >= 0.3 is 0 Å². The molecule has 0 aliphatic rings. The number of nitrogens with one attached hydrogen (secondary N) is 1. The van der Waals surface area contributed by atoms with Gasteiger partial charge in [-0.25, -0.2) is 0 Å². The summed E-state index contributed by atoms with van der Waals surface area (Å²) in [6.07, 6.45) is 0.495. The first-order chi connectivity index (χ1) is 8.65. The van der Waals surface area contributed by atoms with Gasteiger partial charge in [0.15, 0.2) is 0 Å². The lowest BCUT2D eigenvalue weighted by Gasteiger charge is -2.10. The Morgan fingerprint density at radius 2 is 1.94 bits per heavy atom. The van der Waals surface area contributed by atoms with Crippen LogP contribution in [0.5, 0.6) is 0 Å². The SMILES string of the molecule is COCC(C)CC(=O)NCc1ccc(CN)cc1. The molecule has 0 aromatic heterocycles. The molecule has 4 nitrogen and oxygen atoms in total. The Labute approximate surface area is 109 Å². The summed E-state index contributed by atoms with van der Waals surface area (Å²) >= 11 is 0. The maximum absolute atomic E-state index is 11.6. The molecule has 1 aromatic rings. The number of hydrogen-bond donors (Lipinski definition) is 2. The molecular weight excluding hydrogens is 228 g/mol. The molecule has 0 heterocycles. The van der Waals surface area contributed by atoms with Crippen LogP contribution < -0.4 is 11.1 Å². The Hall–Kier alpha value is -1.39. The Kier molecular flexibility index (Phi) is 6.39. The first-order valence-electron chi connectivity index (χ1n) is 6.19. The van der Waals surface area contributed by atoms with Gasteiger partial charge in [-0.05, 0) is 17.0 Å². The smallest absolute Gasteiger partial charge is 0.220 e. The number of methoxy groups -OCH3 is 1. The monoisotopic (exact) mass is 250 g/mol. The number of benzene rings is 1. The fourth-order valence-corrected chi connectivity index (χ4v) is 1.73. The van der Waals surface area contributed by atoms with Crippen LogP contribution in [0.1, 0.15) is 24.5 Å². The van der Waals surface area contributed by atoms with Crippen LogP contribution in [0.2, 0.25) is 0 Å². The molecule has 1 aromatic carbocycles. The minimum absolute atomic E-state index is 0.0578. The molecule has 0 radical (unpaired) electrons. The van der Waals surface area contributed by atoms with Gasteiger partial charge in [0.2, 0.25) is 5.91 Å². The first kappa shape index (κ1) is 14.7. The van der Waals surface area contributed by atoms with Gasteiger partial charge in [-0.3, -0.25) is 4.79 Å². The van der Waals surface area contributed by atoms with Crippen LogP contribution in [-0.2, 0) is 22.6 Å². The second kappa shape index (κ2) is 7.84. The van der Waals surface area contributed by atoms with E-state index in [1.807, 2.05) is 31.2 Å². The van der Waals surface area contributed by atoms with Crippen LogP contribution in [0.25, 0.3) is 0 Å². The molecule has 0 aliphatic heterocycles. The number of carbonyl (C=O) groups excluding carboxylic acids is 1. The maximum atomic E-state index is 11.6. The largest absolute Gasteiger partial charge is 0.384 e. The highest BCUT2D eigenvalue weighted by Crippen LogP contribution is 2.05. The van der Waals surface area contributed by atoms with Crippen molar-refractivity contribution in [3.63, 3.8) is 0 Å². The van der Waals surface area contributed by atoms with E-state index >= 15 is 0 Å². The quantitative estimate of drug-likeness (QED) is 0.769. The van der Waals surface area contributed by atoms with E-state index in [2.05, 4.69) is 5.32 Å².